The first kappa shape index (κ1) is 18.0. The van der Waals surface area contributed by atoms with Crippen LogP contribution in [0, 0.1) is 0 Å². The van der Waals surface area contributed by atoms with Gasteiger partial charge in [-0.2, -0.15) is 5.10 Å². The number of aliphatic hydroxyl groups is 1. The Hall–Kier alpha value is -1.85. The molecule has 1 fully saturated rings. The highest BCUT2D eigenvalue weighted by Crippen LogP contribution is 2.31. The Kier molecular flexibility index (Phi) is 5.76. The second-order valence-electron chi connectivity index (χ2n) is 6.84. The van der Waals surface area contributed by atoms with Gasteiger partial charge in [0, 0.05) is 19.6 Å². The average Bonchev–Trinajstić information content (AvgIpc) is 3.19. The van der Waals surface area contributed by atoms with E-state index in [4.69, 9.17) is 4.74 Å². The minimum atomic E-state index is -0.409. The molecule has 25 heavy (non-hydrogen) atoms. The smallest absolute Gasteiger partial charge is 0.216 e. The fraction of sp³-hybridized carbons (Fsp3) is 0.550. The molecule has 0 bridgehead atoms. The van der Waals surface area contributed by atoms with Gasteiger partial charge in [0.25, 0.3) is 0 Å². The second-order valence-corrected chi connectivity index (χ2v) is 6.84. The molecule has 0 radical (unpaired) electrons. The summed E-state index contributed by atoms with van der Waals surface area (Å²) in [5.41, 5.74) is 3.30. The van der Waals surface area contributed by atoms with E-state index in [9.17, 15) is 5.11 Å². The number of benzene rings is 1. The zero-order valence-electron chi connectivity index (χ0n) is 15.5. The molecule has 0 spiro atoms. The van der Waals surface area contributed by atoms with Crippen molar-refractivity contribution in [2.24, 2.45) is 7.05 Å². The summed E-state index contributed by atoms with van der Waals surface area (Å²) in [6.07, 6.45) is 3.57. The van der Waals surface area contributed by atoms with Gasteiger partial charge < -0.3 is 9.84 Å². The van der Waals surface area contributed by atoms with E-state index in [2.05, 4.69) is 16.9 Å². The van der Waals surface area contributed by atoms with E-state index in [1.54, 1.807) is 7.11 Å². The molecule has 2 atom stereocenters. The molecule has 1 saturated heterocycles. The third-order valence-corrected chi connectivity index (χ3v) is 5.24. The first-order valence-corrected chi connectivity index (χ1v) is 9.19. The number of nitrogens with zero attached hydrogens (tertiary/aromatic N) is 3. The van der Waals surface area contributed by atoms with Crippen LogP contribution >= 0.6 is 0 Å². The van der Waals surface area contributed by atoms with Crippen molar-refractivity contribution in [2.75, 3.05) is 13.7 Å². The van der Waals surface area contributed by atoms with Crippen LogP contribution in [0.3, 0.4) is 0 Å². The maximum absolute atomic E-state index is 10.6. The molecule has 0 amide bonds. The maximum Gasteiger partial charge on any atom is 0.216 e. The highest BCUT2D eigenvalue weighted by Gasteiger charge is 2.29. The Balaban J connectivity index is 1.72. The summed E-state index contributed by atoms with van der Waals surface area (Å²) in [7, 11) is 3.64. The number of aromatic nitrogens is 2. The Bertz CT molecular complexity index is 684. The van der Waals surface area contributed by atoms with Crippen LogP contribution < -0.4 is 4.74 Å². The van der Waals surface area contributed by atoms with E-state index in [0.717, 1.165) is 49.5 Å². The summed E-state index contributed by atoms with van der Waals surface area (Å²) in [5, 5.41) is 15.2. The van der Waals surface area contributed by atoms with Gasteiger partial charge in [0.1, 0.15) is 0 Å². The van der Waals surface area contributed by atoms with Crippen molar-refractivity contribution in [1.82, 2.24) is 14.7 Å². The molecule has 136 valence electrons. The molecule has 2 unspecified atom stereocenters. The van der Waals surface area contributed by atoms with Gasteiger partial charge in [-0.05, 0) is 37.8 Å². The van der Waals surface area contributed by atoms with E-state index in [1.807, 2.05) is 42.1 Å². The van der Waals surface area contributed by atoms with Gasteiger partial charge in [-0.15, -0.1) is 0 Å². The molecule has 2 aromatic rings. The van der Waals surface area contributed by atoms with Crippen LogP contribution in [0.15, 0.2) is 30.3 Å². The number of likely N-dealkylation sites (tertiary alicyclic amines) is 1. The lowest BCUT2D eigenvalue weighted by Gasteiger charge is -2.26. The first-order valence-electron chi connectivity index (χ1n) is 9.19. The molecule has 1 N–H and O–H groups in total. The van der Waals surface area contributed by atoms with Crippen molar-refractivity contribution in [2.45, 2.75) is 51.3 Å². The van der Waals surface area contributed by atoms with Crippen molar-refractivity contribution < 1.29 is 9.84 Å². The van der Waals surface area contributed by atoms with E-state index in [-0.39, 0.29) is 0 Å². The second kappa shape index (κ2) is 8.02. The fourth-order valence-electron chi connectivity index (χ4n) is 3.95. The van der Waals surface area contributed by atoms with Crippen LogP contribution in [0.2, 0.25) is 0 Å². The third kappa shape index (κ3) is 3.88. The highest BCUT2D eigenvalue weighted by atomic mass is 16.5. The van der Waals surface area contributed by atoms with Crippen molar-refractivity contribution in [3.8, 4) is 5.88 Å². The lowest BCUT2D eigenvalue weighted by Crippen LogP contribution is -2.30. The van der Waals surface area contributed by atoms with Crippen LogP contribution in [0.25, 0.3) is 0 Å². The van der Waals surface area contributed by atoms with E-state index in [1.165, 1.54) is 12.0 Å². The summed E-state index contributed by atoms with van der Waals surface area (Å²) in [6, 6.07) is 10.4. The minimum absolute atomic E-state index is 0.393. The van der Waals surface area contributed by atoms with Crippen molar-refractivity contribution in [1.29, 1.82) is 0 Å². The monoisotopic (exact) mass is 343 g/mol. The molecule has 0 saturated carbocycles. The lowest BCUT2D eigenvalue weighted by molar-refractivity contribution is 0.117. The number of aliphatic hydroxyl groups excluding tert-OH is 1. The quantitative estimate of drug-likeness (QED) is 0.839. The van der Waals surface area contributed by atoms with Crippen LogP contribution in [-0.4, -0.2) is 39.5 Å². The number of hydrogen-bond donors (Lipinski definition) is 1. The topological polar surface area (TPSA) is 50.5 Å². The van der Waals surface area contributed by atoms with E-state index < -0.39 is 6.10 Å². The van der Waals surface area contributed by atoms with Crippen LogP contribution in [0.4, 0.5) is 0 Å². The predicted molar refractivity (Wildman–Crippen MR) is 98.6 cm³/mol. The molecule has 3 rings (SSSR count). The highest BCUT2D eigenvalue weighted by molar-refractivity contribution is 5.32. The molecule has 1 aromatic carbocycles. The number of ether oxygens (including phenoxy) is 1. The fourth-order valence-corrected chi connectivity index (χ4v) is 3.95. The summed E-state index contributed by atoms with van der Waals surface area (Å²) >= 11 is 0. The average molecular weight is 343 g/mol. The Morgan fingerprint density at radius 1 is 1.32 bits per heavy atom. The molecule has 1 aromatic heterocycles. The molecular weight excluding hydrogens is 314 g/mol. The maximum atomic E-state index is 10.6. The standard InChI is InChI=1S/C20H29N3O2/c1-4-18-17(20(25-3)22(2)21-18)14-23-12-8-11-16(23)13-19(24)15-9-6-5-7-10-15/h5-7,9-10,16,19,24H,4,8,11-14H2,1-3H3. The molecule has 1 aliphatic heterocycles. The summed E-state index contributed by atoms with van der Waals surface area (Å²) in [4.78, 5) is 2.48. The van der Waals surface area contributed by atoms with Crippen LogP contribution in [0.5, 0.6) is 5.88 Å². The van der Waals surface area contributed by atoms with E-state index in [0.29, 0.717) is 6.04 Å². The Morgan fingerprint density at radius 3 is 2.76 bits per heavy atom. The summed E-state index contributed by atoms with van der Waals surface area (Å²) in [6.45, 7) is 4.03. The largest absolute Gasteiger partial charge is 0.481 e. The minimum Gasteiger partial charge on any atom is -0.481 e. The normalized spacial score (nSPS) is 19.3. The number of rotatable bonds is 7. The van der Waals surface area contributed by atoms with Gasteiger partial charge in [-0.1, -0.05) is 37.3 Å². The molecule has 5 heteroatoms. The Labute approximate surface area is 150 Å². The lowest BCUT2D eigenvalue weighted by atomic mass is 10.0. The third-order valence-electron chi connectivity index (χ3n) is 5.24. The van der Waals surface area contributed by atoms with Crippen molar-refractivity contribution >= 4 is 0 Å². The summed E-state index contributed by atoms with van der Waals surface area (Å²) in [5.74, 6) is 0.853. The van der Waals surface area contributed by atoms with Gasteiger partial charge in [0.05, 0.1) is 24.5 Å². The molecule has 0 aliphatic carbocycles. The SMILES string of the molecule is CCc1nn(C)c(OC)c1CN1CCCC1CC(O)c1ccccc1. The number of hydrogen-bond acceptors (Lipinski definition) is 4. The van der Waals surface area contributed by atoms with E-state index >= 15 is 0 Å². The zero-order chi connectivity index (χ0) is 17.8. The molecule has 5 nitrogen and oxygen atoms in total. The molecule has 1 aliphatic rings. The zero-order valence-corrected chi connectivity index (χ0v) is 15.5. The van der Waals surface area contributed by atoms with Crippen LogP contribution in [-0.2, 0) is 20.0 Å². The molecule has 2 heterocycles. The predicted octanol–water partition coefficient (Wildman–Crippen LogP) is 3.08. The van der Waals surface area contributed by atoms with Gasteiger partial charge >= 0.3 is 0 Å². The number of methoxy groups -OCH3 is 1. The van der Waals surface area contributed by atoms with Gasteiger partial charge in [0.15, 0.2) is 0 Å². The molecular formula is C20H29N3O2. The van der Waals surface area contributed by atoms with Gasteiger partial charge in [0.2, 0.25) is 5.88 Å². The van der Waals surface area contributed by atoms with Gasteiger partial charge in [-0.25, -0.2) is 4.68 Å². The summed E-state index contributed by atoms with van der Waals surface area (Å²) < 4.78 is 7.41. The number of aryl methyl sites for hydroxylation is 2. The first-order chi connectivity index (χ1) is 12.1. The van der Waals surface area contributed by atoms with Crippen molar-refractivity contribution in [3.63, 3.8) is 0 Å². The van der Waals surface area contributed by atoms with Crippen LogP contribution in [0.1, 0.15) is 49.1 Å². The Morgan fingerprint density at radius 2 is 2.08 bits per heavy atom. The van der Waals surface area contributed by atoms with Gasteiger partial charge in [-0.3, -0.25) is 4.90 Å². The van der Waals surface area contributed by atoms with Crippen molar-refractivity contribution in [3.05, 3.63) is 47.2 Å².